The van der Waals surface area contributed by atoms with Crippen molar-refractivity contribution in [1.29, 1.82) is 0 Å². The third-order valence-electron chi connectivity index (χ3n) is 6.06. The van der Waals surface area contributed by atoms with Gasteiger partial charge in [-0.2, -0.15) is 0 Å². The summed E-state index contributed by atoms with van der Waals surface area (Å²) in [6.07, 6.45) is -1.27. The number of aliphatic hydroxyl groups is 1. The van der Waals surface area contributed by atoms with Crippen molar-refractivity contribution in [3.63, 3.8) is 0 Å². The molecule has 1 aromatic heterocycles. The van der Waals surface area contributed by atoms with Crippen LogP contribution in [0.15, 0.2) is 66.7 Å². The van der Waals surface area contributed by atoms with Gasteiger partial charge in [0.15, 0.2) is 13.1 Å². The summed E-state index contributed by atoms with van der Waals surface area (Å²) in [6.45, 7) is 8.40. The number of aliphatic hydroxyl groups excluding tert-OH is 1. The number of aryl methyl sites for hydroxylation is 2. The minimum atomic E-state index is -0.918. The zero-order valence-corrected chi connectivity index (χ0v) is 21.4. The van der Waals surface area contributed by atoms with Crippen molar-refractivity contribution in [2.24, 2.45) is 0 Å². The molecule has 188 valence electrons. The molecule has 0 radical (unpaired) electrons. The highest BCUT2D eigenvalue weighted by molar-refractivity contribution is 5.87. The molecule has 0 bridgehead atoms. The minimum Gasteiger partial charge on any atom is -0.465 e. The van der Waals surface area contributed by atoms with Crippen LogP contribution in [0.5, 0.6) is 11.5 Å². The Labute approximate surface area is 212 Å². The first-order chi connectivity index (χ1) is 17.4. The number of hydrogen-bond acceptors (Lipinski definition) is 6. The van der Waals surface area contributed by atoms with E-state index >= 15 is 0 Å². The summed E-state index contributed by atoms with van der Waals surface area (Å²) < 4.78 is 22.3. The second kappa shape index (κ2) is 11.5. The van der Waals surface area contributed by atoms with E-state index in [9.17, 15) is 5.11 Å². The highest BCUT2D eigenvalue weighted by atomic mass is 16.7. The molecule has 2 unspecified atom stereocenters. The molecule has 1 heterocycles. The summed E-state index contributed by atoms with van der Waals surface area (Å²) in [7, 11) is 1.58. The van der Waals surface area contributed by atoms with Crippen molar-refractivity contribution in [2.75, 3.05) is 20.5 Å². The second-order valence-corrected chi connectivity index (χ2v) is 8.71. The van der Waals surface area contributed by atoms with Gasteiger partial charge in [0.05, 0.1) is 5.69 Å². The van der Waals surface area contributed by atoms with E-state index in [0.29, 0.717) is 29.5 Å². The van der Waals surface area contributed by atoms with Crippen LogP contribution in [0.4, 0.5) is 0 Å². The lowest BCUT2D eigenvalue weighted by Crippen LogP contribution is -2.16. The average Bonchev–Trinajstić information content (AvgIpc) is 2.86. The molecule has 36 heavy (non-hydrogen) atoms. The van der Waals surface area contributed by atoms with Crippen molar-refractivity contribution in [2.45, 2.75) is 40.1 Å². The lowest BCUT2D eigenvalue weighted by molar-refractivity contribution is -0.0613. The van der Waals surface area contributed by atoms with Gasteiger partial charge >= 0.3 is 0 Å². The van der Waals surface area contributed by atoms with Crippen LogP contribution >= 0.6 is 0 Å². The van der Waals surface area contributed by atoms with Crippen LogP contribution < -0.4 is 9.47 Å². The number of rotatable bonds is 10. The van der Waals surface area contributed by atoms with Crippen molar-refractivity contribution in [1.82, 2.24) is 4.98 Å². The normalized spacial score (nSPS) is 12.9. The maximum Gasteiger partial charge on any atom is 0.196 e. The number of benzene rings is 3. The lowest BCUT2D eigenvalue weighted by Gasteiger charge is -2.21. The minimum absolute atomic E-state index is 0.101. The van der Waals surface area contributed by atoms with E-state index in [0.717, 1.165) is 33.0 Å². The van der Waals surface area contributed by atoms with Crippen LogP contribution in [0, 0.1) is 13.8 Å². The van der Waals surface area contributed by atoms with E-state index in [-0.39, 0.29) is 13.1 Å². The summed E-state index contributed by atoms with van der Waals surface area (Å²) in [5.41, 5.74) is 4.70. The van der Waals surface area contributed by atoms with Gasteiger partial charge in [-0.25, -0.2) is 4.98 Å². The van der Waals surface area contributed by atoms with Crippen LogP contribution in [0.3, 0.4) is 0 Å². The first kappa shape index (κ1) is 25.6. The van der Waals surface area contributed by atoms with Gasteiger partial charge in [-0.3, -0.25) is 0 Å². The Morgan fingerprint density at radius 2 is 1.64 bits per heavy atom. The Hall–Kier alpha value is -3.45. The van der Waals surface area contributed by atoms with E-state index in [1.54, 1.807) is 13.2 Å². The van der Waals surface area contributed by atoms with Gasteiger partial charge in [0, 0.05) is 19.3 Å². The summed E-state index contributed by atoms with van der Waals surface area (Å²) >= 11 is 0. The molecule has 0 fully saturated rings. The molecule has 0 amide bonds. The fourth-order valence-corrected chi connectivity index (χ4v) is 4.44. The highest BCUT2D eigenvalue weighted by Crippen LogP contribution is 2.35. The number of pyridine rings is 1. The molecule has 1 N–H and O–H groups in total. The Bertz CT molecular complexity index is 1310. The van der Waals surface area contributed by atoms with Crippen LogP contribution in [0.25, 0.3) is 22.0 Å². The Balaban J connectivity index is 1.72. The van der Waals surface area contributed by atoms with Gasteiger partial charge < -0.3 is 24.1 Å². The molecule has 6 nitrogen and oxygen atoms in total. The molecular weight excluding hydrogens is 454 g/mol. The molecule has 6 heteroatoms. The predicted molar refractivity (Wildman–Crippen MR) is 141 cm³/mol. The van der Waals surface area contributed by atoms with E-state index in [2.05, 4.69) is 24.3 Å². The van der Waals surface area contributed by atoms with E-state index < -0.39 is 6.10 Å². The lowest BCUT2D eigenvalue weighted by atomic mass is 9.95. The maximum atomic E-state index is 11.4. The zero-order valence-electron chi connectivity index (χ0n) is 21.4. The van der Waals surface area contributed by atoms with Crippen molar-refractivity contribution in [3.05, 3.63) is 89.1 Å². The van der Waals surface area contributed by atoms with Gasteiger partial charge in [-0.1, -0.05) is 36.4 Å². The van der Waals surface area contributed by atoms with Crippen LogP contribution in [0.1, 0.15) is 42.3 Å². The number of aromatic nitrogens is 1. The molecule has 3 aromatic carbocycles. The Kier molecular flexibility index (Phi) is 8.21. The molecule has 4 aromatic rings. The van der Waals surface area contributed by atoms with Gasteiger partial charge in [0.2, 0.25) is 0 Å². The van der Waals surface area contributed by atoms with Gasteiger partial charge in [0.25, 0.3) is 0 Å². The summed E-state index contributed by atoms with van der Waals surface area (Å²) in [5, 5.41) is 13.7. The Morgan fingerprint density at radius 3 is 2.33 bits per heavy atom. The van der Waals surface area contributed by atoms with Crippen LogP contribution in [-0.2, 0) is 9.47 Å². The molecule has 4 rings (SSSR count). The number of hydrogen-bond donors (Lipinski definition) is 1. The molecule has 2 atom stereocenters. The molecule has 0 saturated heterocycles. The monoisotopic (exact) mass is 487 g/mol. The van der Waals surface area contributed by atoms with Crippen molar-refractivity contribution < 1.29 is 24.1 Å². The highest BCUT2D eigenvalue weighted by Gasteiger charge is 2.21. The maximum absolute atomic E-state index is 11.4. The van der Waals surface area contributed by atoms with Crippen LogP contribution in [0.2, 0.25) is 0 Å². The number of nitrogens with zero attached hydrogens (tertiary/aromatic N) is 1. The topological polar surface area (TPSA) is 70.0 Å². The molecule has 0 spiro atoms. The fourth-order valence-electron chi connectivity index (χ4n) is 4.44. The third kappa shape index (κ3) is 5.68. The second-order valence-electron chi connectivity index (χ2n) is 8.71. The van der Waals surface area contributed by atoms with E-state index in [1.165, 1.54) is 0 Å². The quantitative estimate of drug-likeness (QED) is 0.263. The first-order valence-electron chi connectivity index (χ1n) is 12.1. The molecule has 0 aliphatic carbocycles. The van der Waals surface area contributed by atoms with Crippen molar-refractivity contribution in [3.8, 4) is 22.8 Å². The van der Waals surface area contributed by atoms with Gasteiger partial charge in [-0.15, -0.1) is 0 Å². The van der Waals surface area contributed by atoms with E-state index in [1.807, 2.05) is 64.1 Å². The Morgan fingerprint density at radius 1 is 0.917 bits per heavy atom. The first-order valence-corrected chi connectivity index (χ1v) is 12.1. The van der Waals surface area contributed by atoms with Gasteiger partial charge in [-0.05, 0) is 85.5 Å². The van der Waals surface area contributed by atoms with Crippen molar-refractivity contribution >= 4 is 10.8 Å². The predicted octanol–water partition coefficient (Wildman–Crippen LogP) is 6.34. The SMILES string of the molecule is CCOC(C)Oc1cc(C)c(C(O)c2ccc(OCOC)c(-c3ccc4ccccc4c3)n2)c(C)c1. The summed E-state index contributed by atoms with van der Waals surface area (Å²) in [5.74, 6) is 1.29. The van der Waals surface area contributed by atoms with Gasteiger partial charge in [0.1, 0.15) is 23.3 Å². The van der Waals surface area contributed by atoms with E-state index in [4.69, 9.17) is 23.9 Å². The standard InChI is InChI=1S/C30H33NO5/c1-6-34-21(4)36-25-15-19(2)28(20(3)16-25)30(32)26-13-14-27(35-18-33-5)29(31-26)24-12-11-22-9-7-8-10-23(22)17-24/h7-17,21,30,32H,6,18H2,1-5H3. The van der Waals surface area contributed by atoms with Crippen LogP contribution in [-0.4, -0.2) is 36.9 Å². The molecule has 0 aliphatic rings. The number of methoxy groups -OCH3 is 1. The molecule has 0 saturated carbocycles. The fraction of sp³-hybridized carbons (Fsp3) is 0.300. The average molecular weight is 488 g/mol. The number of ether oxygens (including phenoxy) is 4. The number of fused-ring (bicyclic) bond motifs is 1. The largest absolute Gasteiger partial charge is 0.465 e. The summed E-state index contributed by atoms with van der Waals surface area (Å²) in [6, 6.07) is 21.8. The smallest absolute Gasteiger partial charge is 0.196 e. The molecule has 0 aliphatic heterocycles. The third-order valence-corrected chi connectivity index (χ3v) is 6.06. The molecular formula is C30H33NO5. The zero-order chi connectivity index (χ0) is 25.7. The summed E-state index contributed by atoms with van der Waals surface area (Å²) in [4.78, 5) is 4.87.